The first-order chi connectivity index (χ1) is 7.81. The van der Waals surface area contributed by atoms with Crippen LogP contribution < -0.4 is 5.73 Å². The molecule has 0 aliphatic carbocycles. The normalized spacial score (nSPS) is 10.0. The van der Waals surface area contributed by atoms with Gasteiger partial charge in [0.1, 0.15) is 6.33 Å². The zero-order valence-electron chi connectivity index (χ0n) is 8.67. The summed E-state index contributed by atoms with van der Waals surface area (Å²) in [5.74, 6) is 0.633. The van der Waals surface area contributed by atoms with Crippen LogP contribution in [0.5, 0.6) is 0 Å². The van der Waals surface area contributed by atoms with Crippen LogP contribution in [0.1, 0.15) is 17.0 Å². The van der Waals surface area contributed by atoms with E-state index in [1.807, 2.05) is 12.1 Å². The number of rotatable bonds is 3. The summed E-state index contributed by atoms with van der Waals surface area (Å²) in [7, 11) is 0. The van der Waals surface area contributed by atoms with Crippen molar-refractivity contribution in [3.05, 3.63) is 47.5 Å². The van der Waals surface area contributed by atoms with E-state index < -0.39 is 0 Å². The van der Waals surface area contributed by atoms with E-state index in [1.165, 1.54) is 0 Å². The molecule has 2 aromatic rings. The van der Waals surface area contributed by atoms with Crippen molar-refractivity contribution in [2.24, 2.45) is 5.73 Å². The molecule has 5 nitrogen and oxygen atoms in total. The largest absolute Gasteiger partial charge is 0.324 e. The minimum absolute atomic E-state index is 0.348. The monoisotopic (exact) mass is 213 g/mol. The molecule has 0 fully saturated rings. The SMILES string of the molecule is N#Cc1ccc(Cn2cnc(CN)n2)cc1. The first-order valence-electron chi connectivity index (χ1n) is 4.89. The van der Waals surface area contributed by atoms with Gasteiger partial charge in [0.05, 0.1) is 24.7 Å². The molecule has 0 amide bonds. The summed E-state index contributed by atoms with van der Waals surface area (Å²) in [6.07, 6.45) is 1.65. The van der Waals surface area contributed by atoms with E-state index in [0.29, 0.717) is 24.5 Å². The first-order valence-corrected chi connectivity index (χ1v) is 4.89. The van der Waals surface area contributed by atoms with Gasteiger partial charge in [-0.05, 0) is 17.7 Å². The summed E-state index contributed by atoms with van der Waals surface area (Å²) >= 11 is 0. The second-order valence-corrected chi connectivity index (χ2v) is 3.37. The molecule has 0 atom stereocenters. The van der Waals surface area contributed by atoms with Crippen LogP contribution in [0.15, 0.2) is 30.6 Å². The fourth-order valence-electron chi connectivity index (χ4n) is 1.37. The molecule has 0 saturated carbocycles. The van der Waals surface area contributed by atoms with E-state index in [2.05, 4.69) is 16.2 Å². The molecule has 1 aromatic carbocycles. The zero-order chi connectivity index (χ0) is 11.4. The lowest BCUT2D eigenvalue weighted by Crippen LogP contribution is -2.03. The molecule has 80 valence electrons. The molecular weight excluding hydrogens is 202 g/mol. The van der Waals surface area contributed by atoms with Gasteiger partial charge in [-0.25, -0.2) is 9.67 Å². The molecule has 16 heavy (non-hydrogen) atoms. The Morgan fingerprint density at radius 2 is 2.06 bits per heavy atom. The summed E-state index contributed by atoms with van der Waals surface area (Å²) in [6, 6.07) is 9.47. The van der Waals surface area contributed by atoms with E-state index in [0.717, 1.165) is 5.56 Å². The van der Waals surface area contributed by atoms with Gasteiger partial charge >= 0.3 is 0 Å². The van der Waals surface area contributed by atoms with E-state index in [-0.39, 0.29) is 0 Å². The molecule has 0 aliphatic heterocycles. The average molecular weight is 213 g/mol. The molecule has 1 heterocycles. The van der Waals surface area contributed by atoms with Crippen LogP contribution in [0, 0.1) is 11.3 Å². The third kappa shape index (κ3) is 2.24. The number of nitriles is 1. The van der Waals surface area contributed by atoms with Crippen molar-refractivity contribution in [3.63, 3.8) is 0 Å². The van der Waals surface area contributed by atoms with E-state index in [1.54, 1.807) is 23.1 Å². The second-order valence-electron chi connectivity index (χ2n) is 3.37. The molecule has 0 bridgehead atoms. The molecule has 0 spiro atoms. The zero-order valence-corrected chi connectivity index (χ0v) is 8.67. The Morgan fingerprint density at radius 3 is 2.62 bits per heavy atom. The third-order valence-corrected chi connectivity index (χ3v) is 2.19. The highest BCUT2D eigenvalue weighted by Gasteiger charge is 1.99. The Morgan fingerprint density at radius 1 is 1.31 bits per heavy atom. The molecule has 2 rings (SSSR count). The number of nitrogens with zero attached hydrogens (tertiary/aromatic N) is 4. The van der Waals surface area contributed by atoms with Crippen molar-refractivity contribution in [1.82, 2.24) is 14.8 Å². The van der Waals surface area contributed by atoms with Gasteiger partial charge in [0.15, 0.2) is 5.82 Å². The summed E-state index contributed by atoms with van der Waals surface area (Å²) in [6.45, 7) is 0.985. The summed E-state index contributed by atoms with van der Waals surface area (Å²) in [5.41, 5.74) is 7.15. The minimum Gasteiger partial charge on any atom is -0.324 e. The molecule has 5 heteroatoms. The van der Waals surface area contributed by atoms with Crippen molar-refractivity contribution in [2.45, 2.75) is 13.1 Å². The van der Waals surface area contributed by atoms with Gasteiger partial charge < -0.3 is 5.73 Å². The lowest BCUT2D eigenvalue weighted by Gasteiger charge is -2.00. The Hall–Kier alpha value is -2.19. The summed E-state index contributed by atoms with van der Waals surface area (Å²) < 4.78 is 1.73. The van der Waals surface area contributed by atoms with Crippen molar-refractivity contribution < 1.29 is 0 Å². The molecule has 0 aliphatic rings. The standard InChI is InChI=1S/C11H11N5/c12-5-9-1-3-10(4-2-9)7-16-8-14-11(6-13)15-16/h1-4,8H,6-7,13H2. The summed E-state index contributed by atoms with van der Waals surface area (Å²) in [4.78, 5) is 4.04. The maximum Gasteiger partial charge on any atom is 0.164 e. The lowest BCUT2D eigenvalue weighted by molar-refractivity contribution is 0.671. The number of hydrogen-bond acceptors (Lipinski definition) is 4. The van der Waals surface area contributed by atoms with Gasteiger partial charge in [0.25, 0.3) is 0 Å². The fraction of sp³-hybridized carbons (Fsp3) is 0.182. The number of aromatic nitrogens is 3. The van der Waals surface area contributed by atoms with Crippen molar-refractivity contribution >= 4 is 0 Å². The molecule has 0 saturated heterocycles. The second kappa shape index (κ2) is 4.55. The molecule has 0 radical (unpaired) electrons. The molecule has 2 N–H and O–H groups in total. The highest BCUT2D eigenvalue weighted by atomic mass is 15.3. The highest BCUT2D eigenvalue weighted by Crippen LogP contribution is 2.04. The van der Waals surface area contributed by atoms with E-state index in [9.17, 15) is 0 Å². The lowest BCUT2D eigenvalue weighted by atomic mass is 10.1. The number of nitrogens with two attached hydrogens (primary N) is 1. The van der Waals surface area contributed by atoms with Crippen LogP contribution in [0.4, 0.5) is 0 Å². The Bertz CT molecular complexity index is 506. The van der Waals surface area contributed by atoms with Gasteiger partial charge in [0.2, 0.25) is 0 Å². The van der Waals surface area contributed by atoms with Crippen LogP contribution in [0.3, 0.4) is 0 Å². The van der Waals surface area contributed by atoms with Crippen LogP contribution >= 0.6 is 0 Å². The van der Waals surface area contributed by atoms with Crippen molar-refractivity contribution in [3.8, 4) is 6.07 Å². The average Bonchev–Trinajstić information content (AvgIpc) is 2.78. The highest BCUT2D eigenvalue weighted by molar-refractivity contribution is 5.31. The third-order valence-electron chi connectivity index (χ3n) is 2.19. The van der Waals surface area contributed by atoms with Gasteiger partial charge in [0, 0.05) is 0 Å². The summed E-state index contributed by atoms with van der Waals surface area (Å²) in [5, 5.41) is 12.8. The molecule has 0 unspecified atom stereocenters. The van der Waals surface area contributed by atoms with Crippen LogP contribution in [0.2, 0.25) is 0 Å². The maximum atomic E-state index is 8.66. The van der Waals surface area contributed by atoms with Gasteiger partial charge in [-0.15, -0.1) is 0 Å². The topological polar surface area (TPSA) is 80.5 Å². The minimum atomic E-state index is 0.348. The van der Waals surface area contributed by atoms with Crippen LogP contribution in [0.25, 0.3) is 0 Å². The fourth-order valence-corrected chi connectivity index (χ4v) is 1.37. The molecule has 1 aromatic heterocycles. The molecular formula is C11H11N5. The maximum absolute atomic E-state index is 8.66. The number of hydrogen-bond donors (Lipinski definition) is 1. The van der Waals surface area contributed by atoms with E-state index >= 15 is 0 Å². The predicted molar refractivity (Wildman–Crippen MR) is 58.2 cm³/mol. The van der Waals surface area contributed by atoms with Crippen LogP contribution in [-0.2, 0) is 13.1 Å². The van der Waals surface area contributed by atoms with Gasteiger partial charge in [-0.1, -0.05) is 12.1 Å². The number of benzene rings is 1. The van der Waals surface area contributed by atoms with Gasteiger partial charge in [-0.2, -0.15) is 10.4 Å². The Balaban J connectivity index is 2.11. The van der Waals surface area contributed by atoms with E-state index in [4.69, 9.17) is 11.0 Å². The van der Waals surface area contributed by atoms with Crippen molar-refractivity contribution in [2.75, 3.05) is 0 Å². The Labute approximate surface area is 93.1 Å². The van der Waals surface area contributed by atoms with Gasteiger partial charge in [-0.3, -0.25) is 0 Å². The Kier molecular flexibility index (Phi) is 2.94. The predicted octanol–water partition coefficient (Wildman–Crippen LogP) is 0.657. The quantitative estimate of drug-likeness (QED) is 0.812. The van der Waals surface area contributed by atoms with Crippen molar-refractivity contribution in [1.29, 1.82) is 5.26 Å². The van der Waals surface area contributed by atoms with Crippen LogP contribution in [-0.4, -0.2) is 14.8 Å². The first kappa shape index (κ1) is 10.3. The smallest absolute Gasteiger partial charge is 0.164 e.